The van der Waals surface area contributed by atoms with Crippen molar-refractivity contribution in [2.75, 3.05) is 6.61 Å². The number of hydrogen-bond donors (Lipinski definition) is 1. The highest BCUT2D eigenvalue weighted by Gasteiger charge is 2.42. The minimum Gasteiger partial charge on any atom is -0.486 e. The molecule has 3 rings (SSSR count). The van der Waals surface area contributed by atoms with E-state index in [1.165, 1.54) is 5.56 Å². The monoisotopic (exact) mass is 408 g/mol. The quantitative estimate of drug-likeness (QED) is 0.592. The summed E-state index contributed by atoms with van der Waals surface area (Å²) in [4.78, 5) is 24.0. The molecule has 0 radical (unpaired) electrons. The lowest BCUT2D eigenvalue weighted by Crippen LogP contribution is -2.43. The Bertz CT molecular complexity index is 898. The molecule has 4 nitrogen and oxygen atoms in total. The van der Waals surface area contributed by atoms with Crippen LogP contribution in [0, 0.1) is 17.8 Å². The Hall–Kier alpha value is -2.62. The predicted octanol–water partition coefficient (Wildman–Crippen LogP) is 5.54. The number of rotatable bonds is 9. The molecule has 0 saturated heterocycles. The van der Waals surface area contributed by atoms with E-state index in [4.69, 9.17) is 4.74 Å². The minimum atomic E-state index is -0.923. The van der Waals surface area contributed by atoms with Crippen LogP contribution in [0.2, 0.25) is 0 Å². The third kappa shape index (κ3) is 4.92. The summed E-state index contributed by atoms with van der Waals surface area (Å²) in [7, 11) is 0. The van der Waals surface area contributed by atoms with Crippen LogP contribution in [0.3, 0.4) is 0 Å². The van der Waals surface area contributed by atoms with Crippen LogP contribution in [0.15, 0.2) is 48.5 Å². The molecule has 2 aromatic carbocycles. The third-order valence-electron chi connectivity index (χ3n) is 6.74. The zero-order valence-electron chi connectivity index (χ0n) is 18.4. The molecular formula is C26H32O4. The molecule has 0 spiro atoms. The van der Waals surface area contributed by atoms with Crippen molar-refractivity contribution >= 4 is 11.8 Å². The fraction of sp³-hybridized carbons (Fsp3) is 0.462. The minimum absolute atomic E-state index is 0.0308. The van der Waals surface area contributed by atoms with Crippen LogP contribution in [-0.4, -0.2) is 23.5 Å². The van der Waals surface area contributed by atoms with Crippen LogP contribution < -0.4 is 4.74 Å². The number of ether oxygens (including phenoxy) is 1. The Labute approximate surface area is 179 Å². The first-order valence-corrected chi connectivity index (χ1v) is 10.8. The second-order valence-corrected chi connectivity index (χ2v) is 9.23. The van der Waals surface area contributed by atoms with Gasteiger partial charge in [-0.05, 0) is 71.9 Å². The van der Waals surface area contributed by atoms with Crippen molar-refractivity contribution < 1.29 is 19.4 Å². The second kappa shape index (κ2) is 9.03. The number of carbonyl (C=O) groups is 2. The number of ketones is 1. The molecule has 30 heavy (non-hydrogen) atoms. The van der Waals surface area contributed by atoms with Crippen LogP contribution in [0.1, 0.15) is 62.0 Å². The van der Waals surface area contributed by atoms with Gasteiger partial charge >= 0.3 is 5.97 Å². The summed E-state index contributed by atoms with van der Waals surface area (Å²) >= 11 is 0. The number of carboxylic acids is 1. The fourth-order valence-electron chi connectivity index (χ4n) is 4.42. The topological polar surface area (TPSA) is 63.6 Å². The van der Waals surface area contributed by atoms with E-state index in [0.29, 0.717) is 11.5 Å². The first-order valence-electron chi connectivity index (χ1n) is 10.8. The van der Waals surface area contributed by atoms with Crippen molar-refractivity contribution in [3.05, 3.63) is 65.2 Å². The number of Topliss-reactive ketones (excluding diaryl/α,β-unsaturated/α-hetero) is 1. The summed E-state index contributed by atoms with van der Waals surface area (Å²) in [6.45, 7) is 8.80. The van der Waals surface area contributed by atoms with Gasteiger partial charge in [0, 0.05) is 5.92 Å². The summed E-state index contributed by atoms with van der Waals surface area (Å²) < 4.78 is 5.80. The average molecular weight is 409 g/mol. The molecule has 1 aliphatic rings. The van der Waals surface area contributed by atoms with Crippen molar-refractivity contribution in [3.8, 4) is 5.75 Å². The molecule has 2 unspecified atom stereocenters. The van der Waals surface area contributed by atoms with Gasteiger partial charge in [0.1, 0.15) is 12.4 Å². The molecular weight excluding hydrogens is 376 g/mol. The fourth-order valence-corrected chi connectivity index (χ4v) is 4.42. The van der Waals surface area contributed by atoms with E-state index >= 15 is 0 Å². The molecule has 0 bridgehead atoms. The molecule has 0 aliphatic heterocycles. The van der Waals surface area contributed by atoms with Gasteiger partial charge in [-0.2, -0.15) is 0 Å². The van der Waals surface area contributed by atoms with Gasteiger partial charge in [0.2, 0.25) is 0 Å². The van der Waals surface area contributed by atoms with E-state index in [1.54, 1.807) is 18.2 Å². The summed E-state index contributed by atoms with van der Waals surface area (Å²) in [5.74, 6) is 0.474. The van der Waals surface area contributed by atoms with Crippen molar-refractivity contribution in [3.63, 3.8) is 0 Å². The lowest BCUT2D eigenvalue weighted by atomic mass is 9.62. The summed E-state index contributed by atoms with van der Waals surface area (Å²) in [5.41, 5.74) is 2.65. The maximum Gasteiger partial charge on any atom is 0.335 e. The molecule has 1 fully saturated rings. The van der Waals surface area contributed by atoms with Gasteiger partial charge in [0.15, 0.2) is 5.78 Å². The second-order valence-electron chi connectivity index (χ2n) is 9.23. The van der Waals surface area contributed by atoms with Crippen LogP contribution in [0.4, 0.5) is 0 Å². The van der Waals surface area contributed by atoms with Gasteiger partial charge < -0.3 is 9.84 Å². The number of carbonyl (C=O) groups excluding carboxylic acids is 1. The Morgan fingerprint density at radius 1 is 1.13 bits per heavy atom. The Balaban J connectivity index is 1.58. The average Bonchev–Trinajstić information content (AvgIpc) is 2.72. The normalized spacial score (nSPS) is 21.0. The highest BCUT2D eigenvalue weighted by atomic mass is 16.5. The van der Waals surface area contributed by atoms with Gasteiger partial charge in [-0.15, -0.1) is 0 Å². The molecule has 1 aliphatic carbocycles. The summed E-state index contributed by atoms with van der Waals surface area (Å²) in [6, 6.07) is 15.1. The van der Waals surface area contributed by atoms with E-state index < -0.39 is 5.97 Å². The number of aromatic carboxylic acids is 1. The van der Waals surface area contributed by atoms with Crippen molar-refractivity contribution in [2.24, 2.45) is 17.8 Å². The lowest BCUT2D eigenvalue weighted by molar-refractivity contribution is -0.133. The Morgan fingerprint density at radius 3 is 2.43 bits per heavy atom. The zero-order chi connectivity index (χ0) is 21.9. The van der Waals surface area contributed by atoms with Crippen molar-refractivity contribution in [2.45, 2.75) is 52.4 Å². The number of benzene rings is 2. The first kappa shape index (κ1) is 22.1. The highest BCUT2D eigenvalue weighted by Crippen LogP contribution is 2.43. The van der Waals surface area contributed by atoms with E-state index in [0.717, 1.165) is 30.6 Å². The van der Waals surface area contributed by atoms with Gasteiger partial charge in [-0.3, -0.25) is 4.79 Å². The Morgan fingerprint density at radius 2 is 1.83 bits per heavy atom. The summed E-state index contributed by atoms with van der Waals surface area (Å²) in [5, 5.41) is 9.18. The number of carboxylic acid groups (broad SMARTS) is 1. The maximum absolute atomic E-state index is 12.8. The lowest BCUT2D eigenvalue weighted by Gasteiger charge is -2.42. The number of hydrogen-bond acceptors (Lipinski definition) is 3. The largest absolute Gasteiger partial charge is 0.486 e. The standard InChI is InChI=1S/C26H32O4/c1-5-26(3,4)21-9-11-22(12-10-21)30-16-23(27)24-17(2)13-20(24)15-18-7-6-8-19(14-18)25(28)29/h6-12,14,17,20,24H,5,13,15-16H2,1-4H3,(H,28,29)/t17-,20?,24?/m1/s1. The smallest absolute Gasteiger partial charge is 0.335 e. The van der Waals surface area contributed by atoms with Gasteiger partial charge in [-0.25, -0.2) is 4.79 Å². The molecule has 0 aromatic heterocycles. The highest BCUT2D eigenvalue weighted by molar-refractivity contribution is 5.87. The van der Waals surface area contributed by atoms with Crippen LogP contribution >= 0.6 is 0 Å². The van der Waals surface area contributed by atoms with Crippen LogP contribution in [-0.2, 0) is 16.6 Å². The molecule has 1 saturated carbocycles. The molecule has 4 heteroatoms. The first-order chi connectivity index (χ1) is 14.2. The van der Waals surface area contributed by atoms with Gasteiger partial charge in [0.25, 0.3) is 0 Å². The van der Waals surface area contributed by atoms with E-state index in [2.05, 4.69) is 39.8 Å². The SMILES string of the molecule is CCC(C)(C)c1ccc(OCC(=O)C2C(Cc3cccc(C(=O)O)c3)C[C@H]2C)cc1. The van der Waals surface area contributed by atoms with Gasteiger partial charge in [-0.1, -0.05) is 52.0 Å². The van der Waals surface area contributed by atoms with E-state index in [9.17, 15) is 14.7 Å². The maximum atomic E-state index is 12.8. The molecule has 0 heterocycles. The van der Waals surface area contributed by atoms with E-state index in [-0.39, 0.29) is 29.6 Å². The Kier molecular flexibility index (Phi) is 6.64. The molecule has 1 N–H and O–H groups in total. The summed E-state index contributed by atoms with van der Waals surface area (Å²) in [6.07, 6.45) is 2.76. The van der Waals surface area contributed by atoms with Crippen LogP contribution in [0.5, 0.6) is 5.75 Å². The third-order valence-corrected chi connectivity index (χ3v) is 6.74. The molecule has 2 aromatic rings. The molecule has 0 amide bonds. The molecule has 3 atom stereocenters. The molecule has 160 valence electrons. The predicted molar refractivity (Wildman–Crippen MR) is 118 cm³/mol. The van der Waals surface area contributed by atoms with Crippen molar-refractivity contribution in [1.82, 2.24) is 0 Å². The van der Waals surface area contributed by atoms with E-state index in [1.807, 2.05) is 18.2 Å². The zero-order valence-corrected chi connectivity index (χ0v) is 18.4. The van der Waals surface area contributed by atoms with Crippen LogP contribution in [0.25, 0.3) is 0 Å². The van der Waals surface area contributed by atoms with Crippen molar-refractivity contribution in [1.29, 1.82) is 0 Å². The van der Waals surface area contributed by atoms with Gasteiger partial charge in [0.05, 0.1) is 5.56 Å².